The highest BCUT2D eigenvalue weighted by molar-refractivity contribution is 5.84. The number of hydrazone groups is 1. The smallest absolute Gasteiger partial charge is 0.378 e. The molecule has 31 heavy (non-hydrogen) atoms. The van der Waals surface area contributed by atoms with Crippen LogP contribution >= 0.6 is 0 Å². The Morgan fingerprint density at radius 3 is 2.32 bits per heavy atom. The quantitative estimate of drug-likeness (QED) is 0.412. The van der Waals surface area contributed by atoms with Crippen molar-refractivity contribution in [2.45, 2.75) is 6.18 Å². The molecule has 0 aromatic heterocycles. The number of alkyl halides is 3. The minimum Gasteiger partial charge on any atom is -0.378 e. The first kappa shape index (κ1) is 22.0. The third-order valence-corrected chi connectivity index (χ3v) is 4.47. The number of nitrogens with zero attached hydrogens (tertiary/aromatic N) is 4. The fourth-order valence-electron chi connectivity index (χ4n) is 2.97. The summed E-state index contributed by atoms with van der Waals surface area (Å²) in [5.41, 5.74) is 0.693. The maximum absolute atomic E-state index is 12.8. The summed E-state index contributed by atoms with van der Waals surface area (Å²) in [5, 5.41) is 26.3. The summed E-state index contributed by atoms with van der Waals surface area (Å²) in [5.74, 6) is 0. The Bertz CT molecular complexity index is 1020. The second-order valence-corrected chi connectivity index (χ2v) is 6.46. The zero-order chi connectivity index (χ0) is 22.6. The summed E-state index contributed by atoms with van der Waals surface area (Å²) in [6.07, 6.45) is -3.55. The predicted molar refractivity (Wildman–Crippen MR) is 105 cm³/mol. The lowest BCUT2D eigenvalue weighted by Gasteiger charge is -2.28. The lowest BCUT2D eigenvalue weighted by atomic mass is 10.1. The van der Waals surface area contributed by atoms with Crippen LogP contribution in [0.2, 0.25) is 0 Å². The Morgan fingerprint density at radius 2 is 1.71 bits per heavy atom. The van der Waals surface area contributed by atoms with Crippen LogP contribution in [-0.4, -0.2) is 42.4 Å². The Labute approximate surface area is 173 Å². The van der Waals surface area contributed by atoms with E-state index in [-0.39, 0.29) is 11.4 Å². The number of anilines is 2. The molecule has 0 aliphatic carbocycles. The molecule has 1 aliphatic rings. The standard InChI is InChI=1S/C18H16F3N5O5/c19-18(20,21)13-2-3-14(16(10-13)25(27)28)23-22-11-12-1-4-15(17(9-12)26(29)30)24-5-7-31-8-6-24/h1-4,9-11,23H,5-8H2/b22-11-. The molecule has 2 aromatic carbocycles. The number of nitro groups is 2. The number of nitrogens with one attached hydrogen (secondary N) is 1. The molecular weight excluding hydrogens is 423 g/mol. The van der Waals surface area contributed by atoms with Gasteiger partial charge >= 0.3 is 6.18 Å². The number of hydrogen-bond acceptors (Lipinski definition) is 8. The van der Waals surface area contributed by atoms with Gasteiger partial charge in [-0.15, -0.1) is 0 Å². The normalized spacial score (nSPS) is 14.6. The Morgan fingerprint density at radius 1 is 1.03 bits per heavy atom. The molecule has 0 spiro atoms. The van der Waals surface area contributed by atoms with Gasteiger partial charge in [-0.3, -0.25) is 25.7 Å². The maximum atomic E-state index is 12.8. The second kappa shape index (κ2) is 8.95. The fraction of sp³-hybridized carbons (Fsp3) is 0.278. The van der Waals surface area contributed by atoms with Gasteiger partial charge in [0.25, 0.3) is 11.4 Å². The molecule has 0 radical (unpaired) electrons. The lowest BCUT2D eigenvalue weighted by molar-refractivity contribution is -0.384. The van der Waals surface area contributed by atoms with Gasteiger partial charge in [-0.05, 0) is 18.2 Å². The van der Waals surface area contributed by atoms with Crippen molar-refractivity contribution < 1.29 is 27.8 Å². The molecule has 1 fully saturated rings. The summed E-state index contributed by atoms with van der Waals surface area (Å²) in [6.45, 7) is 1.92. The minimum atomic E-state index is -4.73. The second-order valence-electron chi connectivity index (χ2n) is 6.46. The van der Waals surface area contributed by atoms with Crippen LogP contribution in [0.5, 0.6) is 0 Å². The van der Waals surface area contributed by atoms with Crippen LogP contribution in [0.15, 0.2) is 41.5 Å². The van der Waals surface area contributed by atoms with E-state index in [4.69, 9.17) is 4.74 Å². The molecule has 1 aliphatic heterocycles. The highest BCUT2D eigenvalue weighted by Gasteiger charge is 2.33. The molecule has 0 bridgehead atoms. The molecule has 10 nitrogen and oxygen atoms in total. The fourth-order valence-corrected chi connectivity index (χ4v) is 2.97. The molecule has 2 aromatic rings. The van der Waals surface area contributed by atoms with Crippen molar-refractivity contribution in [2.24, 2.45) is 5.10 Å². The molecule has 0 saturated carbocycles. The van der Waals surface area contributed by atoms with E-state index in [1.165, 1.54) is 12.3 Å². The predicted octanol–water partition coefficient (Wildman–Crippen LogP) is 3.80. The van der Waals surface area contributed by atoms with Gasteiger partial charge in [0.15, 0.2) is 0 Å². The summed E-state index contributed by atoms with van der Waals surface area (Å²) in [7, 11) is 0. The third kappa shape index (κ3) is 5.25. The van der Waals surface area contributed by atoms with Crippen molar-refractivity contribution in [3.8, 4) is 0 Å². The minimum absolute atomic E-state index is 0.147. The van der Waals surface area contributed by atoms with Gasteiger partial charge in [0.1, 0.15) is 11.4 Å². The summed E-state index contributed by atoms with van der Waals surface area (Å²) < 4.78 is 43.5. The number of halogens is 3. The van der Waals surface area contributed by atoms with Crippen LogP contribution in [0.4, 0.5) is 35.9 Å². The first-order valence-electron chi connectivity index (χ1n) is 8.92. The number of rotatable bonds is 6. The summed E-state index contributed by atoms with van der Waals surface area (Å²) >= 11 is 0. The maximum Gasteiger partial charge on any atom is 0.416 e. The van der Waals surface area contributed by atoms with E-state index in [0.717, 1.165) is 6.07 Å². The van der Waals surface area contributed by atoms with Gasteiger partial charge < -0.3 is 9.64 Å². The summed E-state index contributed by atoms with van der Waals surface area (Å²) in [6, 6.07) is 6.40. The SMILES string of the molecule is O=[N+]([O-])c1cc(C(F)(F)F)ccc1N/N=C\c1ccc(N2CCOCC2)c([N+](=O)[O-])c1. The van der Waals surface area contributed by atoms with Crippen molar-refractivity contribution in [3.63, 3.8) is 0 Å². The van der Waals surface area contributed by atoms with E-state index in [9.17, 15) is 33.4 Å². The number of hydrogen-bond donors (Lipinski definition) is 1. The van der Waals surface area contributed by atoms with Crippen LogP contribution in [0, 0.1) is 20.2 Å². The van der Waals surface area contributed by atoms with E-state index < -0.39 is 27.3 Å². The first-order chi connectivity index (χ1) is 14.7. The van der Waals surface area contributed by atoms with Gasteiger partial charge in [0, 0.05) is 30.8 Å². The highest BCUT2D eigenvalue weighted by atomic mass is 19.4. The molecule has 1 N–H and O–H groups in total. The molecule has 3 rings (SSSR count). The van der Waals surface area contributed by atoms with Crippen molar-refractivity contribution in [2.75, 3.05) is 36.6 Å². The van der Waals surface area contributed by atoms with Gasteiger partial charge in [0.2, 0.25) is 0 Å². The van der Waals surface area contributed by atoms with Gasteiger partial charge in [-0.25, -0.2) is 0 Å². The van der Waals surface area contributed by atoms with Gasteiger partial charge in [-0.2, -0.15) is 18.3 Å². The Hall–Kier alpha value is -3.74. The van der Waals surface area contributed by atoms with Gasteiger partial charge in [0.05, 0.1) is 34.8 Å². The van der Waals surface area contributed by atoms with Crippen molar-refractivity contribution in [1.82, 2.24) is 0 Å². The molecule has 1 saturated heterocycles. The van der Waals surface area contributed by atoms with E-state index >= 15 is 0 Å². The van der Waals surface area contributed by atoms with Crippen LogP contribution in [0.3, 0.4) is 0 Å². The summed E-state index contributed by atoms with van der Waals surface area (Å²) in [4.78, 5) is 22.9. The zero-order valence-electron chi connectivity index (χ0n) is 15.8. The van der Waals surface area contributed by atoms with Crippen molar-refractivity contribution >= 4 is 29.0 Å². The first-order valence-corrected chi connectivity index (χ1v) is 8.92. The van der Waals surface area contributed by atoms with E-state index in [1.807, 2.05) is 4.90 Å². The largest absolute Gasteiger partial charge is 0.416 e. The molecule has 1 heterocycles. The Balaban J connectivity index is 1.81. The molecular formula is C18H16F3N5O5. The van der Waals surface area contributed by atoms with Crippen LogP contribution in [0.25, 0.3) is 0 Å². The zero-order valence-corrected chi connectivity index (χ0v) is 15.8. The van der Waals surface area contributed by atoms with Crippen LogP contribution in [0.1, 0.15) is 11.1 Å². The van der Waals surface area contributed by atoms with Gasteiger partial charge in [-0.1, -0.05) is 6.07 Å². The number of nitro benzene ring substituents is 2. The lowest BCUT2D eigenvalue weighted by Crippen LogP contribution is -2.36. The van der Waals surface area contributed by atoms with Crippen LogP contribution < -0.4 is 10.3 Å². The Kier molecular flexibility index (Phi) is 6.34. The number of ether oxygens (including phenoxy) is 1. The molecule has 13 heteroatoms. The highest BCUT2D eigenvalue weighted by Crippen LogP contribution is 2.35. The van der Waals surface area contributed by atoms with Crippen molar-refractivity contribution in [3.05, 3.63) is 67.8 Å². The van der Waals surface area contributed by atoms with Crippen LogP contribution in [-0.2, 0) is 10.9 Å². The molecule has 0 unspecified atom stereocenters. The average molecular weight is 439 g/mol. The molecule has 164 valence electrons. The monoisotopic (exact) mass is 439 g/mol. The van der Waals surface area contributed by atoms with Crippen molar-refractivity contribution in [1.29, 1.82) is 0 Å². The third-order valence-electron chi connectivity index (χ3n) is 4.47. The van der Waals surface area contributed by atoms with E-state index in [2.05, 4.69) is 10.5 Å². The average Bonchev–Trinajstić information content (AvgIpc) is 2.73. The number of morpholine rings is 1. The topological polar surface area (TPSA) is 123 Å². The number of benzene rings is 2. The molecule has 0 atom stereocenters. The molecule has 0 amide bonds. The van der Waals surface area contributed by atoms with E-state index in [0.29, 0.717) is 49.7 Å². The van der Waals surface area contributed by atoms with E-state index in [1.54, 1.807) is 12.1 Å².